The Balaban J connectivity index is 1.92. The van der Waals surface area contributed by atoms with Crippen molar-refractivity contribution in [1.29, 1.82) is 0 Å². The summed E-state index contributed by atoms with van der Waals surface area (Å²) in [7, 11) is 0. The first kappa shape index (κ1) is 17.0. The standard InChI is InChI=1S/C16H22N4O3/c1-10(2)16(4,22)9-17-15(21)18-13-7-5-12(6-8-13)14-20-19-11(3)23-14/h5-8,10,22H,9H2,1-4H3,(H2,17,18,21). The van der Waals surface area contributed by atoms with Crippen LogP contribution in [0.5, 0.6) is 0 Å². The van der Waals surface area contributed by atoms with Crippen molar-refractivity contribution >= 4 is 11.7 Å². The van der Waals surface area contributed by atoms with Gasteiger partial charge in [0.05, 0.1) is 5.60 Å². The molecule has 0 saturated carbocycles. The number of urea groups is 1. The van der Waals surface area contributed by atoms with Crippen molar-refractivity contribution in [3.8, 4) is 11.5 Å². The number of carbonyl (C=O) groups excluding carboxylic acids is 1. The van der Waals surface area contributed by atoms with Crippen LogP contribution in [0, 0.1) is 12.8 Å². The molecule has 1 atom stereocenters. The number of nitrogens with zero attached hydrogens (tertiary/aromatic N) is 2. The van der Waals surface area contributed by atoms with E-state index in [0.717, 1.165) is 5.56 Å². The number of aliphatic hydroxyl groups is 1. The minimum Gasteiger partial charge on any atom is -0.421 e. The first-order valence-electron chi connectivity index (χ1n) is 7.46. The maximum Gasteiger partial charge on any atom is 0.319 e. The summed E-state index contributed by atoms with van der Waals surface area (Å²) in [5.74, 6) is 0.977. The molecular formula is C16H22N4O3. The number of amides is 2. The van der Waals surface area contributed by atoms with Gasteiger partial charge < -0.3 is 20.2 Å². The van der Waals surface area contributed by atoms with Crippen molar-refractivity contribution in [3.05, 3.63) is 30.2 Å². The van der Waals surface area contributed by atoms with Gasteiger partial charge in [0.15, 0.2) is 0 Å². The second-order valence-corrected chi connectivity index (χ2v) is 6.02. The summed E-state index contributed by atoms with van der Waals surface area (Å²) in [6.07, 6.45) is 0. The summed E-state index contributed by atoms with van der Waals surface area (Å²) in [5.41, 5.74) is 0.461. The van der Waals surface area contributed by atoms with Gasteiger partial charge in [-0.2, -0.15) is 0 Å². The molecule has 7 nitrogen and oxygen atoms in total. The highest BCUT2D eigenvalue weighted by Crippen LogP contribution is 2.20. The Hall–Kier alpha value is -2.41. The Morgan fingerprint density at radius 1 is 1.30 bits per heavy atom. The van der Waals surface area contributed by atoms with E-state index in [0.29, 0.717) is 17.5 Å². The monoisotopic (exact) mass is 318 g/mol. The molecule has 23 heavy (non-hydrogen) atoms. The molecule has 2 rings (SSSR count). The molecule has 0 bridgehead atoms. The van der Waals surface area contributed by atoms with Crippen molar-refractivity contribution in [1.82, 2.24) is 15.5 Å². The van der Waals surface area contributed by atoms with Gasteiger partial charge in [0.2, 0.25) is 11.8 Å². The summed E-state index contributed by atoms with van der Waals surface area (Å²) < 4.78 is 5.34. The minimum absolute atomic E-state index is 0.0416. The van der Waals surface area contributed by atoms with Gasteiger partial charge in [0, 0.05) is 24.7 Å². The Morgan fingerprint density at radius 3 is 2.48 bits per heavy atom. The number of rotatable bonds is 5. The molecule has 1 heterocycles. The lowest BCUT2D eigenvalue weighted by atomic mass is 9.93. The van der Waals surface area contributed by atoms with Gasteiger partial charge in [-0.05, 0) is 37.1 Å². The molecule has 0 fully saturated rings. The van der Waals surface area contributed by atoms with E-state index in [9.17, 15) is 9.90 Å². The molecule has 1 unspecified atom stereocenters. The summed E-state index contributed by atoms with van der Waals surface area (Å²) in [5, 5.41) is 23.2. The number of benzene rings is 1. The molecule has 0 spiro atoms. The first-order chi connectivity index (χ1) is 10.8. The van der Waals surface area contributed by atoms with Crippen molar-refractivity contribution < 1.29 is 14.3 Å². The zero-order chi connectivity index (χ0) is 17.0. The average molecular weight is 318 g/mol. The van der Waals surface area contributed by atoms with Gasteiger partial charge in [0.1, 0.15) is 0 Å². The fraction of sp³-hybridized carbons (Fsp3) is 0.438. The van der Waals surface area contributed by atoms with E-state index in [4.69, 9.17) is 4.42 Å². The fourth-order valence-electron chi connectivity index (χ4n) is 1.75. The molecule has 1 aromatic carbocycles. The Bertz CT molecular complexity index is 662. The molecule has 0 radical (unpaired) electrons. The predicted octanol–water partition coefficient (Wildman–Crippen LogP) is 2.57. The van der Waals surface area contributed by atoms with E-state index in [1.54, 1.807) is 38.1 Å². The lowest BCUT2D eigenvalue weighted by Gasteiger charge is -2.27. The van der Waals surface area contributed by atoms with Crippen LogP contribution < -0.4 is 10.6 Å². The summed E-state index contributed by atoms with van der Waals surface area (Å²) in [4.78, 5) is 11.9. The third kappa shape index (κ3) is 4.53. The number of aromatic nitrogens is 2. The predicted molar refractivity (Wildman–Crippen MR) is 87.0 cm³/mol. The number of anilines is 1. The Morgan fingerprint density at radius 2 is 1.96 bits per heavy atom. The van der Waals surface area contributed by atoms with E-state index < -0.39 is 5.60 Å². The van der Waals surface area contributed by atoms with Crippen LogP contribution in [0.3, 0.4) is 0 Å². The second-order valence-electron chi connectivity index (χ2n) is 6.02. The highest BCUT2D eigenvalue weighted by atomic mass is 16.4. The highest BCUT2D eigenvalue weighted by Gasteiger charge is 2.25. The minimum atomic E-state index is -0.947. The van der Waals surface area contributed by atoms with Crippen molar-refractivity contribution in [2.45, 2.75) is 33.3 Å². The Labute approximate surface area is 135 Å². The zero-order valence-corrected chi connectivity index (χ0v) is 13.8. The van der Waals surface area contributed by atoms with Crippen LogP contribution in [0.1, 0.15) is 26.7 Å². The molecule has 0 aliphatic rings. The van der Waals surface area contributed by atoms with Crippen molar-refractivity contribution in [2.75, 3.05) is 11.9 Å². The number of aryl methyl sites for hydroxylation is 1. The van der Waals surface area contributed by atoms with Crippen LogP contribution in [0.4, 0.5) is 10.5 Å². The van der Waals surface area contributed by atoms with Gasteiger partial charge >= 0.3 is 6.03 Å². The quantitative estimate of drug-likeness (QED) is 0.786. The van der Waals surface area contributed by atoms with E-state index in [1.165, 1.54) is 0 Å². The number of carbonyl (C=O) groups is 1. The molecule has 0 saturated heterocycles. The molecule has 2 amide bonds. The van der Waals surface area contributed by atoms with Crippen molar-refractivity contribution in [3.63, 3.8) is 0 Å². The molecular weight excluding hydrogens is 296 g/mol. The fourth-order valence-corrected chi connectivity index (χ4v) is 1.75. The van der Waals surface area contributed by atoms with Crippen LogP contribution in [0.25, 0.3) is 11.5 Å². The molecule has 0 aliphatic heterocycles. The largest absolute Gasteiger partial charge is 0.421 e. The van der Waals surface area contributed by atoms with E-state index in [-0.39, 0.29) is 18.5 Å². The van der Waals surface area contributed by atoms with Crippen molar-refractivity contribution in [2.24, 2.45) is 5.92 Å². The third-order valence-corrected chi connectivity index (χ3v) is 3.77. The van der Waals surface area contributed by atoms with Gasteiger partial charge in [-0.15, -0.1) is 10.2 Å². The topological polar surface area (TPSA) is 100 Å². The van der Waals surface area contributed by atoms with Gasteiger partial charge in [-0.1, -0.05) is 13.8 Å². The van der Waals surface area contributed by atoms with Gasteiger partial charge in [-0.3, -0.25) is 0 Å². The normalized spacial score (nSPS) is 13.7. The molecule has 7 heteroatoms. The molecule has 124 valence electrons. The van der Waals surface area contributed by atoms with Crippen LogP contribution in [0.2, 0.25) is 0 Å². The highest BCUT2D eigenvalue weighted by molar-refractivity contribution is 5.89. The van der Waals surface area contributed by atoms with Gasteiger partial charge in [0.25, 0.3) is 0 Å². The van der Waals surface area contributed by atoms with Crippen LogP contribution >= 0.6 is 0 Å². The maximum absolute atomic E-state index is 11.9. The molecule has 1 aromatic heterocycles. The van der Waals surface area contributed by atoms with Gasteiger partial charge in [-0.25, -0.2) is 4.79 Å². The van der Waals surface area contributed by atoms with Crippen LogP contribution in [0.15, 0.2) is 28.7 Å². The van der Waals surface area contributed by atoms with Crippen LogP contribution in [-0.4, -0.2) is 33.5 Å². The first-order valence-corrected chi connectivity index (χ1v) is 7.46. The molecule has 0 aliphatic carbocycles. The Kier molecular flexibility index (Phi) is 5.00. The van der Waals surface area contributed by atoms with E-state index in [1.807, 2.05) is 13.8 Å². The number of hydrogen-bond donors (Lipinski definition) is 3. The van der Waals surface area contributed by atoms with Crippen LogP contribution in [-0.2, 0) is 0 Å². The van der Waals surface area contributed by atoms with E-state index >= 15 is 0 Å². The molecule has 2 aromatic rings. The smallest absolute Gasteiger partial charge is 0.319 e. The zero-order valence-electron chi connectivity index (χ0n) is 13.8. The molecule has 3 N–H and O–H groups in total. The lowest BCUT2D eigenvalue weighted by Crippen LogP contribution is -2.45. The number of nitrogens with one attached hydrogen (secondary N) is 2. The average Bonchev–Trinajstić information content (AvgIpc) is 2.92. The SMILES string of the molecule is Cc1nnc(-c2ccc(NC(=O)NCC(C)(O)C(C)C)cc2)o1. The second kappa shape index (κ2) is 6.78. The third-order valence-electron chi connectivity index (χ3n) is 3.77. The maximum atomic E-state index is 11.9. The summed E-state index contributed by atoms with van der Waals surface area (Å²) >= 11 is 0. The lowest BCUT2D eigenvalue weighted by molar-refractivity contribution is 0.0170. The van der Waals surface area contributed by atoms with E-state index in [2.05, 4.69) is 20.8 Å². The number of hydrogen-bond acceptors (Lipinski definition) is 5. The summed E-state index contributed by atoms with van der Waals surface area (Å²) in [6.45, 7) is 7.40. The summed E-state index contributed by atoms with van der Waals surface area (Å²) in [6, 6.07) is 6.69.